The zero-order valence-corrected chi connectivity index (χ0v) is 18.2. The number of rotatable bonds is 5. The van der Waals surface area contributed by atoms with Gasteiger partial charge in [-0.05, 0) is 56.2 Å². The van der Waals surface area contributed by atoms with Crippen LogP contribution in [0, 0.1) is 0 Å². The van der Waals surface area contributed by atoms with Crippen LogP contribution in [0.15, 0.2) is 28.7 Å². The van der Waals surface area contributed by atoms with Crippen LogP contribution in [0.5, 0.6) is 0 Å². The third-order valence-corrected chi connectivity index (χ3v) is 9.60. The van der Waals surface area contributed by atoms with E-state index in [-0.39, 0.29) is 16.5 Å². The molecule has 3 nitrogen and oxygen atoms in total. The van der Waals surface area contributed by atoms with Crippen molar-refractivity contribution in [3.8, 4) is 0 Å². The summed E-state index contributed by atoms with van der Waals surface area (Å²) >= 11 is 3.39. The average molecular weight is 400 g/mol. The van der Waals surface area contributed by atoms with Gasteiger partial charge in [-0.15, -0.1) is 0 Å². The summed E-state index contributed by atoms with van der Waals surface area (Å²) in [4.78, 5) is 14.3. The first-order valence-corrected chi connectivity index (χ1v) is 11.7. The number of carbonyl (C=O) groups is 1. The average Bonchev–Trinajstić information content (AvgIpc) is 2.35. The predicted molar refractivity (Wildman–Crippen MR) is 103 cm³/mol. The van der Waals surface area contributed by atoms with E-state index in [9.17, 15) is 4.79 Å². The monoisotopic (exact) mass is 399 g/mol. The van der Waals surface area contributed by atoms with Gasteiger partial charge in [0.2, 0.25) is 0 Å². The Bertz CT molecular complexity index is 547. The number of carbonyl (C=O) groups excluding carboxylic acids is 1. The Labute approximate surface area is 150 Å². The number of amides is 1. The zero-order chi connectivity index (χ0) is 18.1. The molecule has 0 saturated carbocycles. The molecular weight excluding hydrogens is 370 g/mol. The minimum absolute atomic E-state index is 0.0180. The fourth-order valence-corrected chi connectivity index (χ4v) is 4.35. The highest BCUT2D eigenvalue weighted by atomic mass is 79.9. The molecule has 0 unspecified atom stereocenters. The number of likely N-dealkylation sites (N-methyl/N-ethyl adjacent to an activating group) is 1. The first-order chi connectivity index (χ1) is 10.3. The highest BCUT2D eigenvalue weighted by Gasteiger charge is 2.41. The van der Waals surface area contributed by atoms with Crippen LogP contribution in [0.25, 0.3) is 0 Å². The van der Waals surface area contributed by atoms with E-state index in [1.54, 1.807) is 4.90 Å². The van der Waals surface area contributed by atoms with Crippen LogP contribution in [-0.4, -0.2) is 38.3 Å². The highest BCUT2D eigenvalue weighted by molar-refractivity contribution is 9.10. The largest absolute Gasteiger partial charge is 0.410 e. The highest BCUT2D eigenvalue weighted by Crippen LogP contribution is 2.39. The number of benzene rings is 1. The lowest BCUT2D eigenvalue weighted by Crippen LogP contribution is -2.51. The van der Waals surface area contributed by atoms with Gasteiger partial charge in [0.1, 0.15) is 0 Å². The number of nitrogens with zero attached hydrogens (tertiary/aromatic N) is 1. The van der Waals surface area contributed by atoms with Gasteiger partial charge in [-0.2, -0.15) is 0 Å². The molecule has 0 heterocycles. The Kier molecular flexibility index (Phi) is 6.27. The van der Waals surface area contributed by atoms with Gasteiger partial charge in [-0.25, -0.2) is 0 Å². The van der Waals surface area contributed by atoms with Gasteiger partial charge in [-0.1, -0.05) is 36.7 Å². The first-order valence-electron chi connectivity index (χ1n) is 7.96. The summed E-state index contributed by atoms with van der Waals surface area (Å²) in [5.41, 5.74) is 0.321. The molecule has 1 amide bonds. The maximum Gasteiger partial charge on any atom is 0.253 e. The first kappa shape index (κ1) is 20.4. The second-order valence-electron chi connectivity index (χ2n) is 8.29. The summed E-state index contributed by atoms with van der Waals surface area (Å²) in [5.74, 6) is 0.0180. The van der Waals surface area contributed by atoms with Crippen LogP contribution >= 0.6 is 15.9 Å². The fourth-order valence-electron chi connectivity index (χ4n) is 2.33. The normalized spacial score (nSPS) is 13.1. The van der Waals surface area contributed by atoms with E-state index in [0.717, 1.165) is 4.47 Å². The number of hydrogen-bond acceptors (Lipinski definition) is 2. The molecule has 1 aromatic carbocycles. The smallest absolute Gasteiger partial charge is 0.253 e. The fraction of sp³-hybridized carbons (Fsp3) is 0.611. The lowest BCUT2D eigenvalue weighted by Gasteiger charge is -2.43. The quantitative estimate of drug-likeness (QED) is 0.626. The maximum absolute atomic E-state index is 12.6. The summed E-state index contributed by atoms with van der Waals surface area (Å²) in [6.45, 7) is 15.9. The van der Waals surface area contributed by atoms with Crippen LogP contribution in [0.1, 0.15) is 45.0 Å². The maximum atomic E-state index is 12.6. The Balaban J connectivity index is 2.80. The van der Waals surface area contributed by atoms with Crippen LogP contribution in [0.4, 0.5) is 0 Å². The van der Waals surface area contributed by atoms with E-state index in [1.165, 1.54) is 0 Å². The molecule has 0 atom stereocenters. The Morgan fingerprint density at radius 3 is 2.04 bits per heavy atom. The minimum Gasteiger partial charge on any atom is -0.410 e. The van der Waals surface area contributed by atoms with Crippen LogP contribution in [0.2, 0.25) is 18.1 Å². The van der Waals surface area contributed by atoms with Crippen LogP contribution < -0.4 is 0 Å². The summed E-state index contributed by atoms with van der Waals surface area (Å²) in [5, 5.41) is 0.151. The number of hydrogen-bond donors (Lipinski definition) is 0. The summed E-state index contributed by atoms with van der Waals surface area (Å²) in [6, 6.07) is 7.45. The molecule has 0 aliphatic heterocycles. The van der Waals surface area contributed by atoms with Crippen molar-refractivity contribution in [2.45, 2.75) is 58.4 Å². The topological polar surface area (TPSA) is 29.5 Å². The van der Waals surface area contributed by atoms with Gasteiger partial charge in [0, 0.05) is 23.6 Å². The van der Waals surface area contributed by atoms with E-state index in [4.69, 9.17) is 4.43 Å². The molecule has 0 N–H and O–H groups in total. The summed E-state index contributed by atoms with van der Waals surface area (Å²) < 4.78 is 7.47. The zero-order valence-electron chi connectivity index (χ0n) is 15.7. The SMILES string of the molecule is CN(CC(C)(C)O[Si](C)(C)C(C)(C)C)C(=O)c1ccc(Br)cc1. The van der Waals surface area contributed by atoms with E-state index < -0.39 is 8.32 Å². The molecular formula is C18H30BrNO2Si. The molecule has 0 bridgehead atoms. The van der Waals surface area contributed by atoms with Crippen molar-refractivity contribution in [2.75, 3.05) is 13.6 Å². The number of halogens is 1. The molecule has 0 aromatic heterocycles. The molecule has 0 radical (unpaired) electrons. The molecule has 1 aromatic rings. The van der Waals surface area contributed by atoms with Gasteiger partial charge < -0.3 is 9.33 Å². The molecule has 5 heteroatoms. The molecule has 0 aliphatic rings. The third-order valence-electron chi connectivity index (χ3n) is 4.39. The standard InChI is InChI=1S/C18H30BrNO2Si/c1-17(2,3)23(7,8)22-18(4,5)13-20(6)16(21)14-9-11-15(19)12-10-14/h9-12H,13H2,1-8H3. The van der Waals surface area contributed by atoms with E-state index >= 15 is 0 Å². The lowest BCUT2D eigenvalue weighted by molar-refractivity contribution is 0.0436. The minimum atomic E-state index is -1.87. The van der Waals surface area contributed by atoms with Crippen LogP contribution in [-0.2, 0) is 4.43 Å². The van der Waals surface area contributed by atoms with Crippen molar-refractivity contribution in [3.05, 3.63) is 34.3 Å². The van der Waals surface area contributed by atoms with E-state index in [1.807, 2.05) is 31.3 Å². The summed E-state index contributed by atoms with van der Waals surface area (Å²) in [7, 11) is -0.0384. The van der Waals surface area contributed by atoms with Crippen molar-refractivity contribution in [3.63, 3.8) is 0 Å². The van der Waals surface area contributed by atoms with E-state index in [0.29, 0.717) is 12.1 Å². The molecule has 0 spiro atoms. The Hall–Kier alpha value is -0.653. The van der Waals surface area contributed by atoms with Crippen molar-refractivity contribution >= 4 is 30.2 Å². The summed E-state index contributed by atoms with van der Waals surface area (Å²) in [6.07, 6.45) is 0. The van der Waals surface area contributed by atoms with Gasteiger partial charge >= 0.3 is 0 Å². The van der Waals surface area contributed by atoms with Gasteiger partial charge in [0.15, 0.2) is 8.32 Å². The van der Waals surface area contributed by atoms with Crippen molar-refractivity contribution < 1.29 is 9.22 Å². The van der Waals surface area contributed by atoms with Crippen LogP contribution in [0.3, 0.4) is 0 Å². The second-order valence-corrected chi connectivity index (χ2v) is 13.9. The predicted octanol–water partition coefficient (Wildman–Crippen LogP) is 5.32. The molecule has 0 fully saturated rings. The van der Waals surface area contributed by atoms with Crippen molar-refractivity contribution in [1.29, 1.82) is 0 Å². The van der Waals surface area contributed by atoms with Gasteiger partial charge in [0.05, 0.1) is 5.60 Å². The molecule has 0 aliphatic carbocycles. The van der Waals surface area contributed by atoms with Gasteiger partial charge in [-0.3, -0.25) is 4.79 Å². The molecule has 23 heavy (non-hydrogen) atoms. The molecule has 130 valence electrons. The molecule has 0 saturated heterocycles. The third kappa shape index (κ3) is 5.73. The van der Waals surface area contributed by atoms with Crippen molar-refractivity contribution in [1.82, 2.24) is 4.90 Å². The van der Waals surface area contributed by atoms with Crippen molar-refractivity contribution in [2.24, 2.45) is 0 Å². The van der Waals surface area contributed by atoms with E-state index in [2.05, 4.69) is 63.6 Å². The Morgan fingerprint density at radius 2 is 1.61 bits per heavy atom. The Morgan fingerprint density at radius 1 is 1.13 bits per heavy atom. The second kappa shape index (κ2) is 7.07. The molecule has 1 rings (SSSR count). The van der Waals surface area contributed by atoms with Gasteiger partial charge in [0.25, 0.3) is 5.91 Å². The lowest BCUT2D eigenvalue weighted by atomic mass is 10.1.